The first-order chi connectivity index (χ1) is 30.3. The van der Waals surface area contributed by atoms with Crippen molar-refractivity contribution in [3.63, 3.8) is 0 Å². The Hall–Kier alpha value is -6.62. The van der Waals surface area contributed by atoms with E-state index in [2.05, 4.69) is 46.0 Å². The van der Waals surface area contributed by atoms with Gasteiger partial charge in [0, 0.05) is 51.4 Å². The minimum Gasteiger partial charge on any atom is -0.494 e. The van der Waals surface area contributed by atoms with Crippen LogP contribution < -0.4 is 34.8 Å². The lowest BCUT2D eigenvalue weighted by Gasteiger charge is -2.25. The number of nitrogens with one attached hydrogen (secondary N) is 2. The van der Waals surface area contributed by atoms with Crippen molar-refractivity contribution in [3.8, 4) is 11.5 Å². The van der Waals surface area contributed by atoms with E-state index in [-0.39, 0.29) is 55.5 Å². The smallest absolute Gasteiger partial charge is 0.297 e. The van der Waals surface area contributed by atoms with Gasteiger partial charge in [-0.15, -0.1) is 10.2 Å². The molecule has 0 aliphatic rings. The maximum Gasteiger partial charge on any atom is 0.297 e. The van der Waals surface area contributed by atoms with Gasteiger partial charge >= 0.3 is 0 Å². The van der Waals surface area contributed by atoms with Gasteiger partial charge in [-0.25, -0.2) is 8.78 Å². The van der Waals surface area contributed by atoms with Gasteiger partial charge in [0.25, 0.3) is 10.1 Å². The molecule has 336 valence electrons. The number of halogens is 2. The normalized spacial score (nSPS) is 11.6. The zero-order valence-corrected chi connectivity index (χ0v) is 36.4. The van der Waals surface area contributed by atoms with Crippen molar-refractivity contribution in [1.82, 2.24) is 15.0 Å². The number of ether oxygens (including phenoxy) is 2. The fraction of sp³-hybridized carbons (Fsp3) is 0.341. The van der Waals surface area contributed by atoms with Gasteiger partial charge in [-0.2, -0.15) is 33.6 Å². The fourth-order valence-corrected chi connectivity index (χ4v) is 6.91. The molecule has 63 heavy (non-hydrogen) atoms. The summed E-state index contributed by atoms with van der Waals surface area (Å²) in [6, 6.07) is 15.2. The third-order valence-electron chi connectivity index (χ3n) is 9.51. The summed E-state index contributed by atoms with van der Waals surface area (Å²) in [5, 5.41) is 43.7. The standard InChI is InChI=1S/C41H50F2N12O7S/c1-7-53(8-2)34-22-30(32(24-36(34)61-5)51-49-27-13-11-26(42)12-14-27)44-39-46-40(48-41(47-39)55(17-19-56)18-20-57)45-31-23-35(54(9-3)10-4)37(62-6)25-33(31)52-50-28-15-16-29(43)38(21-28)63(58,59)60/h11-16,21-25,56-57H,7-10,17-20H2,1-6H3,(H,58,59,60)(H2,44,45,46,47,48). The number of hydrogen-bond donors (Lipinski definition) is 5. The van der Waals surface area contributed by atoms with Crippen LogP contribution in [0.4, 0.5) is 72.1 Å². The van der Waals surface area contributed by atoms with Crippen molar-refractivity contribution < 1.29 is 41.4 Å². The Balaban J connectivity index is 1.70. The Morgan fingerprint density at radius 1 is 0.635 bits per heavy atom. The highest BCUT2D eigenvalue weighted by atomic mass is 32.2. The maximum atomic E-state index is 14.3. The van der Waals surface area contributed by atoms with Crippen molar-refractivity contribution >= 4 is 73.5 Å². The van der Waals surface area contributed by atoms with Crippen LogP contribution in [0.5, 0.6) is 11.5 Å². The number of anilines is 7. The number of benzene rings is 4. The molecule has 5 aromatic rings. The average Bonchev–Trinajstić information content (AvgIpc) is 3.27. The third kappa shape index (κ3) is 12.1. The first kappa shape index (κ1) is 47.4. The van der Waals surface area contributed by atoms with Crippen LogP contribution in [0.1, 0.15) is 27.7 Å². The van der Waals surface area contributed by atoms with Crippen LogP contribution >= 0.6 is 0 Å². The van der Waals surface area contributed by atoms with Gasteiger partial charge in [0.1, 0.15) is 39.4 Å². The molecule has 0 unspecified atom stereocenters. The highest BCUT2D eigenvalue weighted by molar-refractivity contribution is 7.85. The van der Waals surface area contributed by atoms with Gasteiger partial charge in [-0.3, -0.25) is 4.55 Å². The molecule has 19 nitrogen and oxygen atoms in total. The number of hydrogen-bond acceptors (Lipinski definition) is 18. The molecule has 1 aromatic heterocycles. The van der Waals surface area contributed by atoms with E-state index in [4.69, 9.17) is 14.5 Å². The number of aromatic nitrogens is 3. The van der Waals surface area contributed by atoms with Gasteiger partial charge in [-0.1, -0.05) is 0 Å². The van der Waals surface area contributed by atoms with Crippen LogP contribution in [0.2, 0.25) is 0 Å². The van der Waals surface area contributed by atoms with E-state index in [0.717, 1.165) is 17.8 Å². The Kier molecular flexibility index (Phi) is 16.5. The Bertz CT molecular complexity index is 2500. The molecular formula is C41H50F2N12O7S. The maximum absolute atomic E-state index is 14.3. The van der Waals surface area contributed by atoms with Gasteiger partial charge in [0.15, 0.2) is 0 Å². The van der Waals surface area contributed by atoms with Crippen molar-refractivity contribution in [3.05, 3.63) is 78.4 Å². The number of methoxy groups -OCH3 is 2. The second-order valence-corrected chi connectivity index (χ2v) is 14.8. The van der Waals surface area contributed by atoms with Crippen molar-refractivity contribution in [2.45, 2.75) is 32.6 Å². The summed E-state index contributed by atoms with van der Waals surface area (Å²) < 4.78 is 72.7. The van der Waals surface area contributed by atoms with Crippen LogP contribution in [0.3, 0.4) is 0 Å². The first-order valence-electron chi connectivity index (χ1n) is 19.9. The summed E-state index contributed by atoms with van der Waals surface area (Å²) in [7, 11) is -1.88. The lowest BCUT2D eigenvalue weighted by molar-refractivity contribution is 0.280. The molecule has 0 bridgehead atoms. The third-order valence-corrected chi connectivity index (χ3v) is 10.4. The molecular weight excluding hydrogens is 843 g/mol. The van der Waals surface area contributed by atoms with Gasteiger partial charge in [0.05, 0.1) is 61.6 Å². The molecule has 5 N–H and O–H groups in total. The molecule has 0 spiro atoms. The minimum atomic E-state index is -4.91. The van der Waals surface area contributed by atoms with Crippen LogP contribution in [0, 0.1) is 11.6 Å². The lowest BCUT2D eigenvalue weighted by atomic mass is 10.2. The molecule has 4 aromatic carbocycles. The van der Waals surface area contributed by atoms with Crippen LogP contribution in [-0.2, 0) is 10.1 Å². The Labute approximate surface area is 363 Å². The zero-order valence-electron chi connectivity index (χ0n) is 35.6. The second kappa shape index (κ2) is 21.9. The summed E-state index contributed by atoms with van der Waals surface area (Å²) in [4.78, 5) is 18.7. The summed E-state index contributed by atoms with van der Waals surface area (Å²) in [6.45, 7) is 9.92. The quantitative estimate of drug-likeness (QED) is 0.0325. The predicted molar refractivity (Wildman–Crippen MR) is 237 cm³/mol. The van der Waals surface area contributed by atoms with Crippen LogP contribution in [0.15, 0.2) is 92.1 Å². The summed E-state index contributed by atoms with van der Waals surface area (Å²) in [6.07, 6.45) is 0. The van der Waals surface area contributed by atoms with E-state index in [9.17, 15) is 32.0 Å². The van der Waals surface area contributed by atoms with E-state index < -0.39 is 26.6 Å². The highest BCUT2D eigenvalue weighted by Crippen LogP contribution is 2.42. The Morgan fingerprint density at radius 3 is 1.52 bits per heavy atom. The number of aliphatic hydroxyl groups is 2. The second-order valence-electron chi connectivity index (χ2n) is 13.4. The molecule has 0 saturated heterocycles. The predicted octanol–water partition coefficient (Wildman–Crippen LogP) is 8.22. The number of aliphatic hydroxyl groups excluding tert-OH is 2. The fourth-order valence-electron chi connectivity index (χ4n) is 6.33. The molecule has 0 aliphatic heterocycles. The van der Waals surface area contributed by atoms with Gasteiger partial charge in [0.2, 0.25) is 17.8 Å². The summed E-state index contributed by atoms with van der Waals surface area (Å²) >= 11 is 0. The molecule has 0 fully saturated rings. The van der Waals surface area contributed by atoms with E-state index in [1.165, 1.54) is 37.4 Å². The molecule has 1 heterocycles. The number of nitrogens with zero attached hydrogens (tertiary/aromatic N) is 10. The van der Waals surface area contributed by atoms with Gasteiger partial charge in [-0.05, 0) is 82.3 Å². The minimum absolute atomic E-state index is 0.00184. The largest absolute Gasteiger partial charge is 0.494 e. The highest BCUT2D eigenvalue weighted by Gasteiger charge is 2.22. The molecule has 22 heteroatoms. The molecule has 5 rings (SSSR count). The van der Waals surface area contributed by atoms with E-state index in [0.29, 0.717) is 66.1 Å². The number of rotatable bonds is 22. The summed E-state index contributed by atoms with van der Waals surface area (Å²) in [5.74, 6) is -0.637. The summed E-state index contributed by atoms with van der Waals surface area (Å²) in [5.41, 5.74) is 2.84. The van der Waals surface area contributed by atoms with E-state index in [1.807, 2.05) is 38.7 Å². The molecule has 0 atom stereocenters. The van der Waals surface area contributed by atoms with Gasteiger partial charge < -0.3 is 45.0 Å². The van der Waals surface area contributed by atoms with E-state index >= 15 is 0 Å². The molecule has 0 radical (unpaired) electrons. The van der Waals surface area contributed by atoms with Crippen molar-refractivity contribution in [2.24, 2.45) is 20.5 Å². The zero-order chi connectivity index (χ0) is 45.7. The molecule has 0 amide bonds. The monoisotopic (exact) mass is 892 g/mol. The first-order valence-corrected chi connectivity index (χ1v) is 21.3. The van der Waals surface area contributed by atoms with Crippen molar-refractivity contribution in [1.29, 1.82) is 0 Å². The van der Waals surface area contributed by atoms with Crippen LogP contribution in [0.25, 0.3) is 0 Å². The Morgan fingerprint density at radius 2 is 1.10 bits per heavy atom. The molecule has 0 aliphatic carbocycles. The van der Waals surface area contributed by atoms with Crippen LogP contribution in [-0.4, -0.2) is 105 Å². The number of azo groups is 2. The van der Waals surface area contributed by atoms with Crippen molar-refractivity contribution in [2.75, 3.05) is 92.0 Å². The topological polar surface area (TPSA) is 235 Å². The average molecular weight is 893 g/mol. The SMILES string of the molecule is CCN(CC)c1cc(Nc2nc(Nc3cc(N(CC)CC)c(OC)cc3N=Nc3ccc(F)c(S(=O)(=O)O)c3)nc(N(CCO)CCO)n2)c(N=Nc2ccc(F)cc2)cc1OC. The lowest BCUT2D eigenvalue weighted by Crippen LogP contribution is -2.31. The molecule has 0 saturated carbocycles. The van der Waals surface area contributed by atoms with E-state index in [1.54, 1.807) is 30.2 Å².